The maximum Gasteiger partial charge on any atom is 0.243 e. The van der Waals surface area contributed by atoms with E-state index in [0.717, 1.165) is 15.6 Å². The van der Waals surface area contributed by atoms with Gasteiger partial charge in [0.2, 0.25) is 10.0 Å². The molecule has 1 atom stereocenters. The van der Waals surface area contributed by atoms with E-state index in [9.17, 15) is 8.42 Å². The van der Waals surface area contributed by atoms with Crippen LogP contribution in [0.4, 0.5) is 0 Å². The van der Waals surface area contributed by atoms with Crippen molar-refractivity contribution in [1.82, 2.24) is 9.62 Å². The normalized spacial score (nSPS) is 21.6. The summed E-state index contributed by atoms with van der Waals surface area (Å²) in [5.41, 5.74) is 1.72. The summed E-state index contributed by atoms with van der Waals surface area (Å²) < 4.78 is 27.9. The van der Waals surface area contributed by atoms with E-state index in [4.69, 9.17) is 0 Å². The monoisotopic (exact) mass is 346 g/mol. The molecule has 6 heteroatoms. The maximum absolute atomic E-state index is 12.7. The summed E-state index contributed by atoms with van der Waals surface area (Å²) in [5.74, 6) is 0. The van der Waals surface area contributed by atoms with E-state index >= 15 is 0 Å². The standard InChI is InChI=1S/C13H19BrN2O2S/c1-9-7-13(10(2)6-12(9)14)19(17,18)16-5-4-15-11(3)8-16/h6-7,11,15H,4-5,8H2,1-3H3. The molecular weight excluding hydrogens is 328 g/mol. The highest BCUT2D eigenvalue weighted by Gasteiger charge is 2.29. The molecule has 1 heterocycles. The summed E-state index contributed by atoms with van der Waals surface area (Å²) in [6.07, 6.45) is 0. The Kier molecular flexibility index (Phi) is 4.35. The van der Waals surface area contributed by atoms with Crippen LogP contribution in [0.25, 0.3) is 0 Å². The van der Waals surface area contributed by atoms with E-state index in [-0.39, 0.29) is 6.04 Å². The van der Waals surface area contributed by atoms with Crippen LogP contribution in [0.15, 0.2) is 21.5 Å². The fourth-order valence-corrected chi connectivity index (χ4v) is 4.57. The summed E-state index contributed by atoms with van der Waals surface area (Å²) in [4.78, 5) is 0.419. The Morgan fingerprint density at radius 3 is 2.63 bits per heavy atom. The first-order chi connectivity index (χ1) is 8.82. The molecule has 106 valence electrons. The van der Waals surface area contributed by atoms with E-state index in [1.165, 1.54) is 0 Å². The highest BCUT2D eigenvalue weighted by Crippen LogP contribution is 2.27. The number of benzene rings is 1. The minimum Gasteiger partial charge on any atom is -0.312 e. The molecule has 1 aromatic rings. The Morgan fingerprint density at radius 2 is 2.00 bits per heavy atom. The summed E-state index contributed by atoms with van der Waals surface area (Å²) in [5, 5.41) is 3.26. The first-order valence-corrected chi connectivity index (χ1v) is 8.56. The van der Waals surface area contributed by atoms with Crippen LogP contribution in [0.2, 0.25) is 0 Å². The van der Waals surface area contributed by atoms with Crippen LogP contribution >= 0.6 is 15.9 Å². The Morgan fingerprint density at radius 1 is 1.32 bits per heavy atom. The number of nitrogens with zero attached hydrogens (tertiary/aromatic N) is 1. The molecule has 0 bridgehead atoms. The zero-order valence-corrected chi connectivity index (χ0v) is 13.8. The first kappa shape index (κ1) is 15.0. The third kappa shape index (κ3) is 3.02. The molecule has 1 fully saturated rings. The third-order valence-electron chi connectivity index (χ3n) is 3.41. The smallest absolute Gasteiger partial charge is 0.243 e. The number of sulfonamides is 1. The molecule has 0 saturated carbocycles. The van der Waals surface area contributed by atoms with Crippen molar-refractivity contribution in [3.05, 3.63) is 27.7 Å². The fourth-order valence-electron chi connectivity index (χ4n) is 2.29. The first-order valence-electron chi connectivity index (χ1n) is 6.32. The topological polar surface area (TPSA) is 49.4 Å². The summed E-state index contributed by atoms with van der Waals surface area (Å²) in [6.45, 7) is 7.50. The van der Waals surface area contributed by atoms with Crippen LogP contribution in [0, 0.1) is 13.8 Å². The highest BCUT2D eigenvalue weighted by atomic mass is 79.9. The van der Waals surface area contributed by atoms with E-state index in [0.29, 0.717) is 24.5 Å². The van der Waals surface area contributed by atoms with Crippen molar-refractivity contribution in [2.45, 2.75) is 31.7 Å². The molecule has 1 aliphatic rings. The zero-order chi connectivity index (χ0) is 14.2. The summed E-state index contributed by atoms with van der Waals surface area (Å²) in [7, 11) is -3.39. The van der Waals surface area contributed by atoms with Gasteiger partial charge < -0.3 is 5.32 Å². The van der Waals surface area contributed by atoms with Gasteiger partial charge in [0.15, 0.2) is 0 Å². The molecule has 2 rings (SSSR count). The molecule has 0 spiro atoms. The second-order valence-corrected chi connectivity index (χ2v) is 7.85. The molecule has 1 aromatic carbocycles. The van der Waals surface area contributed by atoms with Crippen LogP contribution in [0.1, 0.15) is 18.1 Å². The van der Waals surface area contributed by atoms with Crippen molar-refractivity contribution in [3.8, 4) is 0 Å². The van der Waals surface area contributed by atoms with Crippen LogP contribution in [0.5, 0.6) is 0 Å². The highest BCUT2D eigenvalue weighted by molar-refractivity contribution is 9.10. The van der Waals surface area contributed by atoms with Gasteiger partial charge in [0, 0.05) is 30.1 Å². The van der Waals surface area contributed by atoms with Gasteiger partial charge in [0.05, 0.1) is 4.90 Å². The number of nitrogens with one attached hydrogen (secondary N) is 1. The number of aryl methyl sites for hydroxylation is 2. The van der Waals surface area contributed by atoms with E-state index < -0.39 is 10.0 Å². The average Bonchev–Trinajstić information content (AvgIpc) is 2.33. The van der Waals surface area contributed by atoms with Crippen LogP contribution < -0.4 is 5.32 Å². The minimum atomic E-state index is -3.39. The van der Waals surface area contributed by atoms with E-state index in [2.05, 4.69) is 21.2 Å². The zero-order valence-electron chi connectivity index (χ0n) is 11.4. The average molecular weight is 347 g/mol. The van der Waals surface area contributed by atoms with Crippen LogP contribution in [0.3, 0.4) is 0 Å². The second-order valence-electron chi connectivity index (χ2n) is 5.09. The SMILES string of the molecule is Cc1cc(S(=O)(=O)N2CCNC(C)C2)c(C)cc1Br. The van der Waals surface area contributed by atoms with Crippen molar-refractivity contribution >= 4 is 26.0 Å². The Balaban J connectivity index is 2.42. The van der Waals surface area contributed by atoms with Crippen molar-refractivity contribution in [1.29, 1.82) is 0 Å². The van der Waals surface area contributed by atoms with Gasteiger partial charge in [-0.15, -0.1) is 0 Å². The van der Waals surface area contributed by atoms with Crippen molar-refractivity contribution in [3.63, 3.8) is 0 Å². The largest absolute Gasteiger partial charge is 0.312 e. The predicted molar refractivity (Wildman–Crippen MR) is 79.8 cm³/mol. The predicted octanol–water partition coefficient (Wildman–Crippen LogP) is 2.05. The fraction of sp³-hybridized carbons (Fsp3) is 0.538. The second kappa shape index (κ2) is 5.52. The Bertz CT molecular complexity index is 587. The molecule has 0 radical (unpaired) electrons. The molecule has 0 aromatic heterocycles. The molecule has 1 unspecified atom stereocenters. The molecule has 0 aliphatic carbocycles. The lowest BCUT2D eigenvalue weighted by Gasteiger charge is -2.31. The molecule has 1 N–H and O–H groups in total. The minimum absolute atomic E-state index is 0.195. The summed E-state index contributed by atoms with van der Waals surface area (Å²) in [6, 6.07) is 3.82. The molecule has 0 amide bonds. The van der Waals surface area contributed by atoms with Gasteiger partial charge in [-0.1, -0.05) is 15.9 Å². The van der Waals surface area contributed by atoms with E-state index in [1.54, 1.807) is 10.4 Å². The number of hydrogen-bond donors (Lipinski definition) is 1. The maximum atomic E-state index is 12.7. The molecule has 19 heavy (non-hydrogen) atoms. The Labute approximate surface area is 123 Å². The Hall–Kier alpha value is -0.430. The van der Waals surface area contributed by atoms with E-state index in [1.807, 2.05) is 26.8 Å². The third-order valence-corrected chi connectivity index (χ3v) is 6.27. The summed E-state index contributed by atoms with van der Waals surface area (Å²) >= 11 is 3.43. The lowest BCUT2D eigenvalue weighted by Crippen LogP contribution is -2.51. The van der Waals surface area contributed by atoms with Crippen LogP contribution in [-0.2, 0) is 10.0 Å². The van der Waals surface area contributed by atoms with Crippen molar-refractivity contribution in [2.75, 3.05) is 19.6 Å². The lowest BCUT2D eigenvalue weighted by atomic mass is 10.2. The van der Waals surface area contributed by atoms with Gasteiger partial charge in [0.25, 0.3) is 0 Å². The van der Waals surface area contributed by atoms with Crippen molar-refractivity contribution in [2.24, 2.45) is 0 Å². The van der Waals surface area contributed by atoms with Gasteiger partial charge in [0.1, 0.15) is 0 Å². The number of hydrogen-bond acceptors (Lipinski definition) is 3. The number of rotatable bonds is 2. The molecule has 4 nitrogen and oxygen atoms in total. The van der Waals surface area contributed by atoms with Crippen molar-refractivity contribution < 1.29 is 8.42 Å². The quantitative estimate of drug-likeness (QED) is 0.891. The number of piperazine rings is 1. The van der Waals surface area contributed by atoms with Gasteiger partial charge in [-0.2, -0.15) is 4.31 Å². The van der Waals surface area contributed by atoms with Gasteiger partial charge in [-0.05, 0) is 44.0 Å². The van der Waals surface area contributed by atoms with Gasteiger partial charge >= 0.3 is 0 Å². The molecule has 1 aliphatic heterocycles. The molecular formula is C13H19BrN2O2S. The van der Waals surface area contributed by atoms with Gasteiger partial charge in [-0.25, -0.2) is 8.42 Å². The van der Waals surface area contributed by atoms with Gasteiger partial charge in [-0.3, -0.25) is 0 Å². The number of halogens is 1. The van der Waals surface area contributed by atoms with Crippen LogP contribution in [-0.4, -0.2) is 38.4 Å². The molecule has 1 saturated heterocycles. The lowest BCUT2D eigenvalue weighted by molar-refractivity contribution is 0.310.